The van der Waals surface area contributed by atoms with E-state index in [2.05, 4.69) is 4.74 Å². The largest absolute Gasteiger partial charge is 0.491 e. The summed E-state index contributed by atoms with van der Waals surface area (Å²) in [4.78, 5) is 12.0. The highest BCUT2D eigenvalue weighted by Crippen LogP contribution is 2.32. The van der Waals surface area contributed by atoms with Crippen molar-refractivity contribution >= 4 is 23.4 Å². The number of nitrogens with two attached hydrogens (primary N) is 2. The Labute approximate surface area is 239 Å². The molecule has 0 saturated heterocycles. The van der Waals surface area contributed by atoms with Crippen molar-refractivity contribution in [2.24, 2.45) is 0 Å². The SMILES string of the molecule is Nc1ccc(CCCCOC(=O)/C=C/c2ccc(OC(F)(F)c3ccc(OCCOCC(F)(F)F)cc3)cc2)c(N)c1. The molecule has 0 saturated carbocycles. The van der Waals surface area contributed by atoms with Crippen molar-refractivity contribution in [1.82, 2.24) is 0 Å². The predicted molar refractivity (Wildman–Crippen MR) is 148 cm³/mol. The Hall–Kier alpha value is -4.32. The molecule has 0 unspecified atom stereocenters. The number of esters is 1. The molecule has 42 heavy (non-hydrogen) atoms. The zero-order chi connectivity index (χ0) is 30.6. The second kappa shape index (κ2) is 15.1. The van der Waals surface area contributed by atoms with Gasteiger partial charge in [0.15, 0.2) is 0 Å². The minimum atomic E-state index is -4.44. The average molecular weight is 595 g/mol. The fraction of sp³-hybridized carbons (Fsp3) is 0.300. The van der Waals surface area contributed by atoms with Crippen LogP contribution in [-0.2, 0) is 26.8 Å². The Morgan fingerprint density at radius 2 is 1.50 bits per heavy atom. The fourth-order valence-electron chi connectivity index (χ4n) is 3.65. The molecule has 0 amide bonds. The summed E-state index contributed by atoms with van der Waals surface area (Å²) in [5, 5.41) is 0. The molecule has 0 heterocycles. The fourth-order valence-corrected chi connectivity index (χ4v) is 3.65. The quantitative estimate of drug-likeness (QED) is 0.0679. The second-order valence-electron chi connectivity index (χ2n) is 9.14. The van der Waals surface area contributed by atoms with Crippen LogP contribution in [0.2, 0.25) is 0 Å². The second-order valence-corrected chi connectivity index (χ2v) is 9.14. The van der Waals surface area contributed by atoms with Gasteiger partial charge < -0.3 is 30.4 Å². The van der Waals surface area contributed by atoms with Gasteiger partial charge in [-0.2, -0.15) is 22.0 Å². The number of hydrogen-bond donors (Lipinski definition) is 2. The number of alkyl halides is 5. The van der Waals surface area contributed by atoms with E-state index in [1.807, 2.05) is 6.07 Å². The van der Waals surface area contributed by atoms with E-state index in [4.69, 9.17) is 25.7 Å². The number of nitrogen functional groups attached to an aromatic ring is 2. The molecule has 226 valence electrons. The lowest BCUT2D eigenvalue weighted by Gasteiger charge is -2.18. The summed E-state index contributed by atoms with van der Waals surface area (Å²) in [5.41, 5.74) is 14.0. The molecule has 0 fully saturated rings. The first kappa shape index (κ1) is 32.2. The van der Waals surface area contributed by atoms with Gasteiger partial charge in [-0.1, -0.05) is 18.2 Å². The van der Waals surface area contributed by atoms with Gasteiger partial charge in [-0.05, 0) is 85.0 Å². The number of carbonyl (C=O) groups excluding carboxylic acids is 1. The maximum absolute atomic E-state index is 14.6. The lowest BCUT2D eigenvalue weighted by Crippen LogP contribution is -2.21. The van der Waals surface area contributed by atoms with Crippen LogP contribution in [-0.4, -0.2) is 38.6 Å². The van der Waals surface area contributed by atoms with Crippen LogP contribution in [0.15, 0.2) is 72.8 Å². The monoisotopic (exact) mass is 594 g/mol. The van der Waals surface area contributed by atoms with E-state index >= 15 is 0 Å². The highest BCUT2D eigenvalue weighted by molar-refractivity contribution is 5.87. The Morgan fingerprint density at radius 1 is 0.810 bits per heavy atom. The molecule has 0 bridgehead atoms. The van der Waals surface area contributed by atoms with E-state index in [0.717, 1.165) is 30.5 Å². The summed E-state index contributed by atoms with van der Waals surface area (Å²) >= 11 is 0. The molecule has 4 N–H and O–H groups in total. The number of rotatable bonds is 15. The molecule has 0 aliphatic carbocycles. The maximum Gasteiger partial charge on any atom is 0.426 e. The van der Waals surface area contributed by atoms with Gasteiger partial charge in [0.05, 0.1) is 18.8 Å². The number of ether oxygens (including phenoxy) is 4. The summed E-state index contributed by atoms with van der Waals surface area (Å²) in [7, 11) is 0. The molecule has 0 aliphatic rings. The molecular formula is C30H31F5N2O5. The Bertz CT molecular complexity index is 1310. The van der Waals surface area contributed by atoms with Gasteiger partial charge in [-0.25, -0.2) is 4.79 Å². The summed E-state index contributed by atoms with van der Waals surface area (Å²) < 4.78 is 85.0. The van der Waals surface area contributed by atoms with E-state index in [0.29, 0.717) is 23.4 Å². The van der Waals surface area contributed by atoms with Crippen LogP contribution in [0.3, 0.4) is 0 Å². The lowest BCUT2D eigenvalue weighted by molar-refractivity contribution is -0.185. The average Bonchev–Trinajstić information content (AvgIpc) is 2.93. The van der Waals surface area contributed by atoms with Crippen LogP contribution in [0, 0.1) is 0 Å². The molecule has 0 aliphatic heterocycles. The molecule has 0 aromatic heterocycles. The Balaban J connectivity index is 1.39. The van der Waals surface area contributed by atoms with Crippen molar-refractivity contribution in [3.63, 3.8) is 0 Å². The van der Waals surface area contributed by atoms with Crippen LogP contribution in [0.1, 0.15) is 29.5 Å². The van der Waals surface area contributed by atoms with Crippen molar-refractivity contribution in [3.8, 4) is 11.5 Å². The highest BCUT2D eigenvalue weighted by atomic mass is 19.4. The number of hydrogen-bond acceptors (Lipinski definition) is 7. The number of carbonyl (C=O) groups is 1. The van der Waals surface area contributed by atoms with E-state index < -0.39 is 30.4 Å². The number of halogens is 5. The van der Waals surface area contributed by atoms with Crippen LogP contribution in [0.4, 0.5) is 33.3 Å². The number of benzene rings is 3. The smallest absolute Gasteiger partial charge is 0.426 e. The molecular weight excluding hydrogens is 563 g/mol. The first-order chi connectivity index (χ1) is 19.9. The Morgan fingerprint density at radius 3 is 2.17 bits per heavy atom. The standard InChI is InChI=1S/C30H31F5N2O5/c31-29(32,33)20-39-17-18-40-25-13-8-23(9-14-25)30(34,35)42-26-11-4-21(5-12-26)6-15-28(38)41-16-2-1-3-22-7-10-24(36)19-27(22)37/h4-15,19H,1-3,16-18,20,36-37H2/b15-6+. The summed E-state index contributed by atoms with van der Waals surface area (Å²) in [5.74, 6) is -0.457. The first-order valence-electron chi connectivity index (χ1n) is 12.9. The minimum absolute atomic E-state index is 0.108. The van der Waals surface area contributed by atoms with Crippen molar-refractivity contribution in [1.29, 1.82) is 0 Å². The van der Waals surface area contributed by atoms with Crippen LogP contribution in [0.5, 0.6) is 11.5 Å². The number of aryl methyl sites for hydroxylation is 1. The van der Waals surface area contributed by atoms with Crippen molar-refractivity contribution in [2.45, 2.75) is 31.5 Å². The van der Waals surface area contributed by atoms with E-state index in [1.54, 1.807) is 12.1 Å². The van der Waals surface area contributed by atoms with Gasteiger partial charge in [-0.15, -0.1) is 0 Å². The Kier molecular flexibility index (Phi) is 11.5. The summed E-state index contributed by atoms with van der Waals surface area (Å²) in [6, 6.07) is 15.7. The lowest BCUT2D eigenvalue weighted by atomic mass is 10.1. The topological polar surface area (TPSA) is 106 Å². The van der Waals surface area contributed by atoms with Gasteiger partial charge >= 0.3 is 18.3 Å². The van der Waals surface area contributed by atoms with Gasteiger partial charge in [0.2, 0.25) is 0 Å². The van der Waals surface area contributed by atoms with E-state index in [-0.39, 0.29) is 31.3 Å². The molecule has 0 atom stereocenters. The highest BCUT2D eigenvalue weighted by Gasteiger charge is 2.34. The van der Waals surface area contributed by atoms with Gasteiger partial charge in [-0.3, -0.25) is 0 Å². The molecule has 7 nitrogen and oxygen atoms in total. The van der Waals surface area contributed by atoms with Gasteiger partial charge in [0.25, 0.3) is 0 Å². The molecule has 3 aromatic carbocycles. The van der Waals surface area contributed by atoms with Crippen LogP contribution < -0.4 is 20.9 Å². The zero-order valence-electron chi connectivity index (χ0n) is 22.5. The molecule has 12 heteroatoms. The van der Waals surface area contributed by atoms with Crippen LogP contribution in [0.25, 0.3) is 6.08 Å². The molecule has 3 aromatic rings. The maximum atomic E-state index is 14.6. The zero-order valence-corrected chi connectivity index (χ0v) is 22.5. The first-order valence-corrected chi connectivity index (χ1v) is 12.9. The van der Waals surface area contributed by atoms with Gasteiger partial charge in [0, 0.05) is 17.5 Å². The van der Waals surface area contributed by atoms with Crippen molar-refractivity contribution in [3.05, 3.63) is 89.5 Å². The molecule has 0 radical (unpaired) electrons. The van der Waals surface area contributed by atoms with Crippen molar-refractivity contribution in [2.75, 3.05) is 37.9 Å². The third-order valence-electron chi connectivity index (χ3n) is 5.75. The third kappa shape index (κ3) is 11.3. The van der Waals surface area contributed by atoms with Gasteiger partial charge in [0.1, 0.15) is 24.7 Å². The third-order valence-corrected chi connectivity index (χ3v) is 5.75. The molecule has 0 spiro atoms. The van der Waals surface area contributed by atoms with E-state index in [9.17, 15) is 26.7 Å². The van der Waals surface area contributed by atoms with E-state index in [1.165, 1.54) is 48.6 Å². The number of anilines is 2. The minimum Gasteiger partial charge on any atom is -0.491 e. The van der Waals surface area contributed by atoms with Crippen molar-refractivity contribution < 1.29 is 45.7 Å². The number of unbranched alkanes of at least 4 members (excludes halogenated alkanes) is 1. The molecule has 3 rings (SSSR count). The normalized spacial score (nSPS) is 11.9. The van der Waals surface area contributed by atoms with Crippen LogP contribution >= 0.6 is 0 Å². The predicted octanol–water partition coefficient (Wildman–Crippen LogP) is 6.52. The summed E-state index contributed by atoms with van der Waals surface area (Å²) in [6.45, 7) is -1.65. The summed E-state index contributed by atoms with van der Waals surface area (Å²) in [6.07, 6.45) is -3.21.